The van der Waals surface area contributed by atoms with Crippen LogP contribution in [0.5, 0.6) is 0 Å². The summed E-state index contributed by atoms with van der Waals surface area (Å²) in [5.41, 5.74) is 9.83. The lowest BCUT2D eigenvalue weighted by atomic mass is 9.92. The second-order valence-corrected chi connectivity index (χ2v) is 6.20. The van der Waals surface area contributed by atoms with Gasteiger partial charge >= 0.3 is 0 Å². The molecule has 1 aromatic carbocycles. The molecule has 0 fully saturated rings. The van der Waals surface area contributed by atoms with Gasteiger partial charge in [-0.15, -0.1) is 12.4 Å². The molecule has 5 nitrogen and oxygen atoms in total. The summed E-state index contributed by atoms with van der Waals surface area (Å²) in [5, 5.41) is 3.30. The molecule has 0 aliphatic heterocycles. The van der Waals surface area contributed by atoms with Crippen molar-refractivity contribution in [2.75, 3.05) is 5.32 Å². The van der Waals surface area contributed by atoms with Gasteiger partial charge in [0.1, 0.15) is 11.6 Å². The third kappa shape index (κ3) is 3.81. The molecular weight excluding hydrogens is 353 g/mol. The van der Waals surface area contributed by atoms with E-state index < -0.39 is 0 Å². The summed E-state index contributed by atoms with van der Waals surface area (Å²) >= 11 is 0. The fourth-order valence-corrected chi connectivity index (χ4v) is 3.04. The van der Waals surface area contributed by atoms with Gasteiger partial charge in [-0.3, -0.25) is 4.98 Å². The normalized spacial score (nSPS) is 15.7. The molecule has 0 spiro atoms. The smallest absolute Gasteiger partial charge is 0.163 e. The summed E-state index contributed by atoms with van der Waals surface area (Å²) in [6, 6.07) is 10.1. The zero-order valence-electron chi connectivity index (χ0n) is 14.0. The van der Waals surface area contributed by atoms with Gasteiger partial charge in [-0.1, -0.05) is 0 Å². The number of nitrogens with one attached hydrogen (secondary N) is 1. The molecule has 0 saturated heterocycles. The molecule has 3 N–H and O–H groups in total. The van der Waals surface area contributed by atoms with E-state index in [0.29, 0.717) is 5.82 Å². The van der Waals surface area contributed by atoms with E-state index in [1.807, 2.05) is 12.1 Å². The Kier molecular flexibility index (Phi) is 5.44. The fourth-order valence-electron chi connectivity index (χ4n) is 3.04. The topological polar surface area (TPSA) is 76.7 Å². The maximum atomic E-state index is 13.2. The van der Waals surface area contributed by atoms with E-state index in [9.17, 15) is 4.39 Å². The standard InChI is InChI=1S/C19H18FN5.ClH/c20-13-3-6-15(7-4-13)23-19-16-10-14(21)5-8-17(16)24-18(25-19)12-2-1-9-22-11-12;/h1-4,6-7,9,11,14H,5,8,10,21H2,(H,23,24,25);1H. The molecular formula is C19H19ClFN5. The lowest BCUT2D eigenvalue weighted by Crippen LogP contribution is -2.29. The number of anilines is 2. The lowest BCUT2D eigenvalue weighted by Gasteiger charge is -2.24. The van der Waals surface area contributed by atoms with Crippen molar-refractivity contribution in [3.8, 4) is 11.4 Å². The highest BCUT2D eigenvalue weighted by Gasteiger charge is 2.22. The van der Waals surface area contributed by atoms with Gasteiger partial charge in [0.05, 0.1) is 0 Å². The largest absolute Gasteiger partial charge is 0.340 e. The molecule has 1 aliphatic carbocycles. The number of halogens is 2. The number of nitrogens with zero attached hydrogens (tertiary/aromatic N) is 3. The number of aromatic nitrogens is 3. The number of hydrogen-bond acceptors (Lipinski definition) is 5. The number of nitrogens with two attached hydrogens (primary N) is 1. The Morgan fingerprint density at radius 1 is 1.12 bits per heavy atom. The molecule has 1 unspecified atom stereocenters. The highest BCUT2D eigenvalue weighted by molar-refractivity contribution is 5.85. The maximum absolute atomic E-state index is 13.2. The number of hydrogen-bond donors (Lipinski definition) is 2. The Labute approximate surface area is 157 Å². The summed E-state index contributed by atoms with van der Waals surface area (Å²) < 4.78 is 13.2. The second-order valence-electron chi connectivity index (χ2n) is 6.20. The van der Waals surface area contributed by atoms with Crippen LogP contribution in [0.1, 0.15) is 17.7 Å². The Hall–Kier alpha value is -2.57. The van der Waals surface area contributed by atoms with Gasteiger partial charge in [-0.05, 0) is 55.7 Å². The Morgan fingerprint density at radius 3 is 2.65 bits per heavy atom. The van der Waals surface area contributed by atoms with Gasteiger partial charge in [-0.25, -0.2) is 14.4 Å². The van der Waals surface area contributed by atoms with Crippen LogP contribution in [0.3, 0.4) is 0 Å². The van der Waals surface area contributed by atoms with Crippen molar-refractivity contribution in [2.24, 2.45) is 5.73 Å². The van der Waals surface area contributed by atoms with Crippen LogP contribution in [0.4, 0.5) is 15.9 Å². The van der Waals surface area contributed by atoms with E-state index in [4.69, 9.17) is 15.7 Å². The molecule has 2 aromatic heterocycles. The van der Waals surface area contributed by atoms with Gasteiger partial charge in [-0.2, -0.15) is 0 Å². The van der Waals surface area contributed by atoms with E-state index in [2.05, 4.69) is 10.3 Å². The van der Waals surface area contributed by atoms with Crippen molar-refractivity contribution in [3.05, 3.63) is 65.9 Å². The van der Waals surface area contributed by atoms with Crippen LogP contribution < -0.4 is 11.1 Å². The molecule has 3 aromatic rings. The molecule has 1 atom stereocenters. The first-order valence-electron chi connectivity index (χ1n) is 8.27. The van der Waals surface area contributed by atoms with Crippen LogP contribution >= 0.6 is 12.4 Å². The third-order valence-corrected chi connectivity index (χ3v) is 4.34. The first-order chi connectivity index (χ1) is 12.2. The monoisotopic (exact) mass is 371 g/mol. The Bertz CT molecular complexity index is 886. The van der Waals surface area contributed by atoms with E-state index >= 15 is 0 Å². The highest BCUT2D eigenvalue weighted by atomic mass is 35.5. The number of rotatable bonds is 3. The Balaban J connectivity index is 0.00000196. The summed E-state index contributed by atoms with van der Waals surface area (Å²) in [4.78, 5) is 13.6. The second kappa shape index (κ2) is 7.76. The third-order valence-electron chi connectivity index (χ3n) is 4.34. The van der Waals surface area contributed by atoms with Gasteiger partial charge in [0.2, 0.25) is 0 Å². The summed E-state index contributed by atoms with van der Waals surface area (Å²) in [6.45, 7) is 0. The van der Waals surface area contributed by atoms with Gasteiger partial charge in [0.25, 0.3) is 0 Å². The van der Waals surface area contributed by atoms with Crippen LogP contribution in [-0.4, -0.2) is 21.0 Å². The first kappa shape index (κ1) is 18.2. The van der Waals surface area contributed by atoms with Crippen molar-refractivity contribution in [3.63, 3.8) is 0 Å². The van der Waals surface area contributed by atoms with Crippen LogP contribution in [0.15, 0.2) is 48.8 Å². The molecule has 134 valence electrons. The van der Waals surface area contributed by atoms with Crippen molar-refractivity contribution in [2.45, 2.75) is 25.3 Å². The molecule has 0 saturated carbocycles. The van der Waals surface area contributed by atoms with Crippen molar-refractivity contribution < 1.29 is 4.39 Å². The minimum absolute atomic E-state index is 0. The van der Waals surface area contributed by atoms with E-state index in [-0.39, 0.29) is 24.3 Å². The average molecular weight is 372 g/mol. The van der Waals surface area contributed by atoms with Gasteiger partial charge < -0.3 is 11.1 Å². The zero-order valence-corrected chi connectivity index (χ0v) is 14.8. The molecule has 0 radical (unpaired) electrons. The van der Waals surface area contributed by atoms with Crippen LogP contribution in [0.25, 0.3) is 11.4 Å². The van der Waals surface area contributed by atoms with Crippen LogP contribution in [-0.2, 0) is 12.8 Å². The molecule has 7 heteroatoms. The minimum atomic E-state index is -0.270. The molecule has 0 amide bonds. The maximum Gasteiger partial charge on any atom is 0.163 e. The van der Waals surface area contributed by atoms with Gasteiger partial charge in [0.15, 0.2) is 5.82 Å². The molecule has 0 bridgehead atoms. The van der Waals surface area contributed by atoms with E-state index in [1.165, 1.54) is 12.1 Å². The lowest BCUT2D eigenvalue weighted by molar-refractivity contribution is 0.566. The summed E-state index contributed by atoms with van der Waals surface area (Å²) in [5.74, 6) is 1.09. The quantitative estimate of drug-likeness (QED) is 0.734. The summed E-state index contributed by atoms with van der Waals surface area (Å²) in [6.07, 6.45) is 5.93. The molecule has 26 heavy (non-hydrogen) atoms. The van der Waals surface area contributed by atoms with Crippen molar-refractivity contribution >= 4 is 23.9 Å². The van der Waals surface area contributed by atoms with Crippen LogP contribution in [0.2, 0.25) is 0 Å². The SMILES string of the molecule is Cl.NC1CCc2nc(-c3cccnc3)nc(Nc3ccc(F)cc3)c2C1. The fraction of sp³-hybridized carbons (Fsp3) is 0.211. The number of benzene rings is 1. The predicted molar refractivity (Wildman–Crippen MR) is 102 cm³/mol. The van der Waals surface area contributed by atoms with E-state index in [1.54, 1.807) is 24.5 Å². The average Bonchev–Trinajstić information content (AvgIpc) is 2.64. The summed E-state index contributed by atoms with van der Waals surface area (Å²) in [7, 11) is 0. The zero-order chi connectivity index (χ0) is 17.2. The molecule has 1 aliphatic rings. The number of fused-ring (bicyclic) bond motifs is 1. The van der Waals surface area contributed by atoms with E-state index in [0.717, 1.165) is 47.6 Å². The van der Waals surface area contributed by atoms with Crippen LogP contribution in [0, 0.1) is 5.82 Å². The number of aryl methyl sites for hydroxylation is 1. The Morgan fingerprint density at radius 2 is 1.92 bits per heavy atom. The number of pyridine rings is 1. The molecule has 4 rings (SSSR count). The predicted octanol–water partition coefficient (Wildman–Crippen LogP) is 3.66. The van der Waals surface area contributed by atoms with Crippen molar-refractivity contribution in [1.82, 2.24) is 15.0 Å². The van der Waals surface area contributed by atoms with Gasteiger partial charge in [0, 0.05) is 40.9 Å². The highest BCUT2D eigenvalue weighted by Crippen LogP contribution is 2.30. The molecule has 2 heterocycles. The van der Waals surface area contributed by atoms with Crippen molar-refractivity contribution in [1.29, 1.82) is 0 Å². The first-order valence-corrected chi connectivity index (χ1v) is 8.27. The minimum Gasteiger partial charge on any atom is -0.340 e.